The zero-order chi connectivity index (χ0) is 13.8. The quantitative estimate of drug-likeness (QED) is 0.630. The SMILES string of the molecule is CCOC(C)C(NN)c1cnccc1C(F)(F)F. The van der Waals surface area contributed by atoms with Gasteiger partial charge in [0.1, 0.15) is 0 Å². The van der Waals surface area contributed by atoms with Crippen molar-refractivity contribution >= 4 is 0 Å². The van der Waals surface area contributed by atoms with Crippen LogP contribution in [-0.4, -0.2) is 17.7 Å². The van der Waals surface area contributed by atoms with Gasteiger partial charge in [0.2, 0.25) is 0 Å². The molecule has 1 aromatic rings. The Labute approximate surface area is 103 Å². The topological polar surface area (TPSA) is 60.2 Å². The van der Waals surface area contributed by atoms with E-state index in [0.717, 1.165) is 18.5 Å². The molecule has 0 aliphatic rings. The van der Waals surface area contributed by atoms with Crippen molar-refractivity contribution < 1.29 is 17.9 Å². The minimum atomic E-state index is -4.45. The lowest BCUT2D eigenvalue weighted by Gasteiger charge is -2.25. The average Bonchev–Trinajstić information content (AvgIpc) is 2.29. The lowest BCUT2D eigenvalue weighted by Crippen LogP contribution is -2.38. The molecule has 18 heavy (non-hydrogen) atoms. The predicted octanol–water partition coefficient (Wildman–Crippen LogP) is 2.03. The first-order chi connectivity index (χ1) is 8.41. The van der Waals surface area contributed by atoms with Crippen LogP contribution < -0.4 is 11.3 Å². The minimum absolute atomic E-state index is 0.0200. The van der Waals surface area contributed by atoms with Crippen LogP contribution in [0.25, 0.3) is 0 Å². The highest BCUT2D eigenvalue weighted by atomic mass is 19.4. The van der Waals surface area contributed by atoms with E-state index in [9.17, 15) is 13.2 Å². The van der Waals surface area contributed by atoms with Crippen LogP contribution in [0.5, 0.6) is 0 Å². The normalized spacial score (nSPS) is 15.4. The first kappa shape index (κ1) is 14.9. The van der Waals surface area contributed by atoms with Crippen molar-refractivity contribution in [1.82, 2.24) is 10.4 Å². The Hall–Kier alpha value is -1.18. The number of halogens is 3. The number of hydrogen-bond donors (Lipinski definition) is 2. The number of aromatic nitrogens is 1. The van der Waals surface area contributed by atoms with Gasteiger partial charge < -0.3 is 4.74 Å². The maximum atomic E-state index is 12.9. The number of alkyl halides is 3. The van der Waals surface area contributed by atoms with Crippen molar-refractivity contribution in [3.05, 3.63) is 29.6 Å². The molecule has 3 N–H and O–H groups in total. The fourth-order valence-electron chi connectivity index (χ4n) is 1.75. The molecular formula is C11H16F3N3O. The van der Waals surface area contributed by atoms with E-state index in [1.54, 1.807) is 13.8 Å². The number of ether oxygens (including phenoxy) is 1. The van der Waals surface area contributed by atoms with E-state index >= 15 is 0 Å². The third kappa shape index (κ3) is 3.41. The number of hydrogen-bond acceptors (Lipinski definition) is 4. The van der Waals surface area contributed by atoms with Crippen molar-refractivity contribution in [3.63, 3.8) is 0 Å². The van der Waals surface area contributed by atoms with Gasteiger partial charge in [0.15, 0.2) is 0 Å². The number of nitrogens with two attached hydrogens (primary N) is 1. The summed E-state index contributed by atoms with van der Waals surface area (Å²) in [7, 11) is 0. The average molecular weight is 263 g/mol. The summed E-state index contributed by atoms with van der Waals surface area (Å²) < 4.78 is 43.9. The molecule has 0 spiro atoms. The molecule has 2 atom stereocenters. The predicted molar refractivity (Wildman–Crippen MR) is 60.4 cm³/mol. The second kappa shape index (κ2) is 6.12. The number of rotatable bonds is 5. The van der Waals surface area contributed by atoms with E-state index in [4.69, 9.17) is 10.6 Å². The van der Waals surface area contributed by atoms with Crippen LogP contribution in [0.1, 0.15) is 31.0 Å². The summed E-state index contributed by atoms with van der Waals surface area (Å²) in [6.45, 7) is 3.81. The fourth-order valence-corrected chi connectivity index (χ4v) is 1.75. The summed E-state index contributed by atoms with van der Waals surface area (Å²) in [5.74, 6) is 5.32. The van der Waals surface area contributed by atoms with E-state index < -0.39 is 23.9 Å². The smallest absolute Gasteiger partial charge is 0.377 e. The van der Waals surface area contributed by atoms with Gasteiger partial charge in [-0.2, -0.15) is 13.2 Å². The van der Waals surface area contributed by atoms with Gasteiger partial charge in [-0.25, -0.2) is 0 Å². The summed E-state index contributed by atoms with van der Waals surface area (Å²) >= 11 is 0. The molecule has 7 heteroatoms. The monoisotopic (exact) mass is 263 g/mol. The number of hydrazine groups is 1. The molecule has 0 fully saturated rings. The molecular weight excluding hydrogens is 247 g/mol. The number of pyridine rings is 1. The van der Waals surface area contributed by atoms with Gasteiger partial charge in [0.05, 0.1) is 17.7 Å². The van der Waals surface area contributed by atoms with E-state index in [-0.39, 0.29) is 5.56 Å². The van der Waals surface area contributed by atoms with Crippen molar-refractivity contribution in [3.8, 4) is 0 Å². The molecule has 0 aliphatic heterocycles. The fraction of sp³-hybridized carbons (Fsp3) is 0.545. The van der Waals surface area contributed by atoms with Crippen LogP contribution in [0, 0.1) is 0 Å². The summed E-state index contributed by atoms with van der Waals surface area (Å²) in [6, 6.07) is 0.161. The standard InChI is InChI=1S/C11H16F3N3O/c1-3-18-7(2)10(17-15)8-6-16-5-4-9(8)11(12,13)14/h4-7,10,17H,3,15H2,1-2H3. The van der Waals surface area contributed by atoms with Gasteiger partial charge in [0, 0.05) is 24.6 Å². The molecule has 0 saturated carbocycles. The molecule has 1 rings (SSSR count). The van der Waals surface area contributed by atoms with Gasteiger partial charge >= 0.3 is 6.18 Å². The van der Waals surface area contributed by atoms with Gasteiger partial charge in [-0.05, 0) is 19.9 Å². The van der Waals surface area contributed by atoms with Gasteiger partial charge in [-0.15, -0.1) is 0 Å². The largest absolute Gasteiger partial charge is 0.416 e. The second-order valence-corrected chi connectivity index (χ2v) is 3.77. The summed E-state index contributed by atoms with van der Waals surface area (Å²) in [5, 5.41) is 0. The Kier molecular flexibility index (Phi) is 5.06. The Morgan fingerprint density at radius 3 is 2.67 bits per heavy atom. The van der Waals surface area contributed by atoms with Gasteiger partial charge in [-0.1, -0.05) is 0 Å². The minimum Gasteiger partial charge on any atom is -0.377 e. The maximum absolute atomic E-state index is 12.9. The number of nitrogens with one attached hydrogen (secondary N) is 1. The highest BCUT2D eigenvalue weighted by Crippen LogP contribution is 2.35. The maximum Gasteiger partial charge on any atom is 0.416 e. The molecule has 102 valence electrons. The Morgan fingerprint density at radius 2 is 2.17 bits per heavy atom. The van der Waals surface area contributed by atoms with Crippen LogP contribution in [0.2, 0.25) is 0 Å². The third-order valence-electron chi connectivity index (χ3n) is 2.57. The number of nitrogens with zero attached hydrogens (tertiary/aromatic N) is 1. The zero-order valence-corrected chi connectivity index (χ0v) is 10.2. The summed E-state index contributed by atoms with van der Waals surface area (Å²) in [6.07, 6.45) is -2.68. The van der Waals surface area contributed by atoms with E-state index in [1.165, 1.54) is 0 Å². The lowest BCUT2D eigenvalue weighted by molar-refractivity contribution is -0.138. The molecule has 0 amide bonds. The van der Waals surface area contributed by atoms with Crippen molar-refractivity contribution in [2.45, 2.75) is 32.2 Å². The van der Waals surface area contributed by atoms with Crippen LogP contribution in [0.3, 0.4) is 0 Å². The van der Waals surface area contributed by atoms with Crippen molar-refractivity contribution in [2.75, 3.05) is 6.61 Å². The summed E-state index contributed by atoms with van der Waals surface area (Å²) in [4.78, 5) is 3.72. The van der Waals surface area contributed by atoms with Crippen LogP contribution in [-0.2, 0) is 10.9 Å². The highest BCUT2D eigenvalue weighted by molar-refractivity contribution is 5.29. The molecule has 0 bridgehead atoms. The van der Waals surface area contributed by atoms with E-state index in [0.29, 0.717) is 6.61 Å². The molecule has 4 nitrogen and oxygen atoms in total. The molecule has 0 aromatic carbocycles. The van der Waals surface area contributed by atoms with Crippen molar-refractivity contribution in [2.24, 2.45) is 5.84 Å². The second-order valence-electron chi connectivity index (χ2n) is 3.77. The highest BCUT2D eigenvalue weighted by Gasteiger charge is 2.36. The Morgan fingerprint density at radius 1 is 1.50 bits per heavy atom. The van der Waals surface area contributed by atoms with E-state index in [2.05, 4.69) is 10.4 Å². The van der Waals surface area contributed by atoms with E-state index in [1.807, 2.05) is 0 Å². The zero-order valence-electron chi connectivity index (χ0n) is 10.2. The first-order valence-electron chi connectivity index (χ1n) is 5.50. The van der Waals surface area contributed by atoms with Gasteiger partial charge in [-0.3, -0.25) is 16.3 Å². The molecule has 0 aliphatic carbocycles. The lowest BCUT2D eigenvalue weighted by atomic mass is 9.99. The molecule has 1 heterocycles. The Bertz CT molecular complexity index is 384. The Balaban J connectivity index is 3.13. The first-order valence-corrected chi connectivity index (χ1v) is 5.50. The molecule has 0 radical (unpaired) electrons. The molecule has 1 aromatic heterocycles. The van der Waals surface area contributed by atoms with Crippen LogP contribution in [0.15, 0.2) is 18.5 Å². The molecule has 2 unspecified atom stereocenters. The van der Waals surface area contributed by atoms with Crippen LogP contribution in [0.4, 0.5) is 13.2 Å². The summed E-state index contributed by atoms with van der Waals surface area (Å²) in [5.41, 5.74) is 1.57. The van der Waals surface area contributed by atoms with Crippen molar-refractivity contribution in [1.29, 1.82) is 0 Å². The van der Waals surface area contributed by atoms with Gasteiger partial charge in [0.25, 0.3) is 0 Å². The molecule has 0 saturated heterocycles. The third-order valence-corrected chi connectivity index (χ3v) is 2.57. The van der Waals surface area contributed by atoms with Crippen LogP contribution >= 0.6 is 0 Å².